The summed E-state index contributed by atoms with van der Waals surface area (Å²) in [7, 11) is 0. The second kappa shape index (κ2) is 5.98. The average Bonchev–Trinajstić information content (AvgIpc) is 2.31. The minimum atomic E-state index is -0.892. The molecule has 0 bridgehead atoms. The number of amides is 3. The van der Waals surface area contributed by atoms with Gasteiger partial charge in [-0.25, -0.2) is 9.18 Å². The molecule has 0 saturated carbocycles. The summed E-state index contributed by atoms with van der Waals surface area (Å²) < 4.78 is 13.4. The Bertz CT molecular complexity index is 526. The number of nitrogens with one attached hydrogen (secondary N) is 2. The van der Waals surface area contributed by atoms with Crippen LogP contribution in [-0.4, -0.2) is 17.3 Å². The SMILES string of the molecule is CC(Cl)C(=O)NC(=O)Nc1ccc(C#N)cc1F. The van der Waals surface area contributed by atoms with Crippen LogP contribution in [0.25, 0.3) is 0 Å². The van der Waals surface area contributed by atoms with Gasteiger partial charge in [-0.15, -0.1) is 11.6 Å². The Hall–Kier alpha value is -2.13. The van der Waals surface area contributed by atoms with Gasteiger partial charge in [0.2, 0.25) is 5.91 Å². The third-order valence-electron chi connectivity index (χ3n) is 1.94. The number of urea groups is 1. The molecule has 94 valence electrons. The van der Waals surface area contributed by atoms with Gasteiger partial charge in [-0.1, -0.05) is 0 Å². The third-order valence-corrected chi connectivity index (χ3v) is 2.14. The molecule has 0 aliphatic heterocycles. The van der Waals surface area contributed by atoms with E-state index >= 15 is 0 Å². The molecule has 5 nitrogen and oxygen atoms in total. The predicted molar refractivity (Wildman–Crippen MR) is 63.6 cm³/mol. The van der Waals surface area contributed by atoms with Crippen molar-refractivity contribution in [3.63, 3.8) is 0 Å². The summed E-state index contributed by atoms with van der Waals surface area (Å²) in [6.07, 6.45) is 0. The molecule has 0 heterocycles. The molecule has 0 aromatic heterocycles. The van der Waals surface area contributed by atoms with Crippen LogP contribution in [0.1, 0.15) is 12.5 Å². The van der Waals surface area contributed by atoms with Crippen molar-refractivity contribution in [3.8, 4) is 6.07 Å². The molecule has 3 amide bonds. The molecule has 1 aromatic rings. The number of nitriles is 1. The number of carbonyl (C=O) groups is 2. The number of anilines is 1. The summed E-state index contributed by atoms with van der Waals surface area (Å²) in [5.74, 6) is -1.46. The number of carbonyl (C=O) groups excluding carboxylic acids is 2. The van der Waals surface area contributed by atoms with Crippen LogP contribution in [-0.2, 0) is 4.79 Å². The number of nitrogens with zero attached hydrogens (tertiary/aromatic N) is 1. The van der Waals surface area contributed by atoms with Crippen molar-refractivity contribution in [2.24, 2.45) is 0 Å². The van der Waals surface area contributed by atoms with Gasteiger partial charge in [-0.2, -0.15) is 5.26 Å². The monoisotopic (exact) mass is 269 g/mol. The maximum absolute atomic E-state index is 13.4. The number of halogens is 2. The van der Waals surface area contributed by atoms with Crippen LogP contribution in [0.4, 0.5) is 14.9 Å². The summed E-state index contributed by atoms with van der Waals surface area (Å²) >= 11 is 5.44. The maximum atomic E-state index is 13.4. The fourth-order valence-corrected chi connectivity index (χ4v) is 1.11. The van der Waals surface area contributed by atoms with E-state index < -0.39 is 23.1 Å². The van der Waals surface area contributed by atoms with Crippen LogP contribution >= 0.6 is 11.6 Å². The molecule has 0 radical (unpaired) electrons. The zero-order chi connectivity index (χ0) is 13.7. The fraction of sp³-hybridized carbons (Fsp3) is 0.182. The lowest BCUT2D eigenvalue weighted by atomic mass is 10.2. The molecule has 0 fully saturated rings. The molecule has 1 atom stereocenters. The van der Waals surface area contributed by atoms with Crippen molar-refractivity contribution in [1.82, 2.24) is 5.32 Å². The Labute approximate surface area is 108 Å². The molecular formula is C11H9ClFN3O2. The number of alkyl halides is 1. The number of hydrogen-bond donors (Lipinski definition) is 2. The standard InChI is InChI=1S/C11H9ClFN3O2/c1-6(12)10(17)16-11(18)15-9-3-2-7(5-14)4-8(9)13/h2-4,6H,1H3,(H2,15,16,17,18). The molecular weight excluding hydrogens is 261 g/mol. The smallest absolute Gasteiger partial charge is 0.305 e. The number of rotatable bonds is 2. The Morgan fingerprint density at radius 1 is 1.50 bits per heavy atom. The zero-order valence-corrected chi connectivity index (χ0v) is 10.1. The maximum Gasteiger partial charge on any atom is 0.326 e. The molecule has 1 unspecified atom stereocenters. The van der Waals surface area contributed by atoms with E-state index in [0.717, 1.165) is 6.07 Å². The summed E-state index contributed by atoms with van der Waals surface area (Å²) in [6, 6.07) is 4.40. The zero-order valence-electron chi connectivity index (χ0n) is 9.33. The van der Waals surface area contributed by atoms with E-state index in [-0.39, 0.29) is 11.3 Å². The van der Waals surface area contributed by atoms with E-state index in [2.05, 4.69) is 5.32 Å². The highest BCUT2D eigenvalue weighted by Crippen LogP contribution is 2.15. The Kier molecular flexibility index (Phi) is 4.63. The minimum Gasteiger partial charge on any atom is -0.305 e. The molecule has 0 spiro atoms. The largest absolute Gasteiger partial charge is 0.326 e. The lowest BCUT2D eigenvalue weighted by Crippen LogP contribution is -2.38. The van der Waals surface area contributed by atoms with E-state index in [1.165, 1.54) is 19.1 Å². The van der Waals surface area contributed by atoms with Crippen LogP contribution < -0.4 is 10.6 Å². The first-order valence-corrected chi connectivity index (χ1v) is 5.33. The van der Waals surface area contributed by atoms with E-state index in [1.54, 1.807) is 6.07 Å². The summed E-state index contributed by atoms with van der Waals surface area (Å²) in [4.78, 5) is 22.4. The Balaban J connectivity index is 2.71. The highest BCUT2D eigenvalue weighted by atomic mass is 35.5. The van der Waals surface area contributed by atoms with Gasteiger partial charge in [0.15, 0.2) is 0 Å². The van der Waals surface area contributed by atoms with Gasteiger partial charge in [-0.3, -0.25) is 10.1 Å². The van der Waals surface area contributed by atoms with Gasteiger partial charge in [0.05, 0.1) is 17.3 Å². The summed E-state index contributed by atoms with van der Waals surface area (Å²) in [5, 5.41) is 11.7. The lowest BCUT2D eigenvalue weighted by molar-refractivity contribution is -0.119. The highest BCUT2D eigenvalue weighted by molar-refractivity contribution is 6.31. The van der Waals surface area contributed by atoms with Gasteiger partial charge < -0.3 is 5.32 Å². The molecule has 0 aliphatic rings. The molecule has 18 heavy (non-hydrogen) atoms. The molecule has 1 rings (SSSR count). The first kappa shape index (κ1) is 13.9. The Morgan fingerprint density at radius 2 is 2.17 bits per heavy atom. The van der Waals surface area contributed by atoms with Crippen molar-refractivity contribution in [2.75, 3.05) is 5.32 Å². The van der Waals surface area contributed by atoms with E-state index in [4.69, 9.17) is 16.9 Å². The van der Waals surface area contributed by atoms with Crippen molar-refractivity contribution < 1.29 is 14.0 Å². The van der Waals surface area contributed by atoms with Crippen LogP contribution in [0.3, 0.4) is 0 Å². The van der Waals surface area contributed by atoms with Gasteiger partial charge >= 0.3 is 6.03 Å². The first-order valence-electron chi connectivity index (χ1n) is 4.89. The molecule has 7 heteroatoms. The van der Waals surface area contributed by atoms with E-state index in [9.17, 15) is 14.0 Å². The first-order chi connectivity index (χ1) is 8.43. The van der Waals surface area contributed by atoms with Gasteiger partial charge in [0.25, 0.3) is 0 Å². The van der Waals surface area contributed by atoms with Crippen LogP contribution in [0.5, 0.6) is 0 Å². The van der Waals surface area contributed by atoms with Gasteiger partial charge in [-0.05, 0) is 25.1 Å². The minimum absolute atomic E-state index is 0.129. The quantitative estimate of drug-likeness (QED) is 0.805. The second-order valence-corrected chi connectivity index (χ2v) is 4.02. The second-order valence-electron chi connectivity index (χ2n) is 3.37. The van der Waals surface area contributed by atoms with Gasteiger partial charge in [0.1, 0.15) is 11.2 Å². The van der Waals surface area contributed by atoms with Crippen molar-refractivity contribution >= 4 is 29.2 Å². The third kappa shape index (κ3) is 3.71. The summed E-state index contributed by atoms with van der Waals surface area (Å²) in [5.41, 5.74) is -0.00885. The van der Waals surface area contributed by atoms with Crippen LogP contribution in [0.15, 0.2) is 18.2 Å². The topological polar surface area (TPSA) is 82.0 Å². The molecule has 0 saturated heterocycles. The Morgan fingerprint density at radius 3 is 2.67 bits per heavy atom. The van der Waals surface area contributed by atoms with Crippen LogP contribution in [0, 0.1) is 17.1 Å². The number of imide groups is 1. The number of hydrogen-bond acceptors (Lipinski definition) is 3. The van der Waals surface area contributed by atoms with Crippen molar-refractivity contribution in [2.45, 2.75) is 12.3 Å². The lowest BCUT2D eigenvalue weighted by Gasteiger charge is -2.08. The van der Waals surface area contributed by atoms with E-state index in [0.29, 0.717) is 0 Å². The summed E-state index contributed by atoms with van der Waals surface area (Å²) in [6.45, 7) is 1.40. The van der Waals surface area contributed by atoms with Crippen molar-refractivity contribution in [3.05, 3.63) is 29.6 Å². The van der Waals surface area contributed by atoms with Crippen molar-refractivity contribution in [1.29, 1.82) is 5.26 Å². The predicted octanol–water partition coefficient (Wildman–Crippen LogP) is 1.97. The molecule has 1 aromatic carbocycles. The normalized spacial score (nSPS) is 11.2. The molecule has 2 N–H and O–H groups in total. The number of benzene rings is 1. The van der Waals surface area contributed by atoms with Gasteiger partial charge in [0, 0.05) is 0 Å². The molecule has 0 aliphatic carbocycles. The van der Waals surface area contributed by atoms with Crippen LogP contribution in [0.2, 0.25) is 0 Å². The fourth-order valence-electron chi connectivity index (χ4n) is 1.05. The average molecular weight is 270 g/mol. The van der Waals surface area contributed by atoms with E-state index in [1.807, 2.05) is 5.32 Å². The highest BCUT2D eigenvalue weighted by Gasteiger charge is 2.14.